The Morgan fingerprint density at radius 3 is 2.61 bits per heavy atom. The molecule has 0 fully saturated rings. The second-order valence-electron chi connectivity index (χ2n) is 6.63. The molecule has 0 aliphatic carbocycles. The van der Waals surface area contributed by atoms with E-state index in [4.69, 9.17) is 23.2 Å². The molecule has 0 amide bonds. The molecular weight excluding hydrogens is 397 g/mol. The van der Waals surface area contributed by atoms with Crippen molar-refractivity contribution in [2.75, 3.05) is 17.2 Å². The van der Waals surface area contributed by atoms with Crippen molar-refractivity contribution in [3.05, 3.63) is 58.8 Å². The van der Waals surface area contributed by atoms with Gasteiger partial charge in [0.2, 0.25) is 5.95 Å². The summed E-state index contributed by atoms with van der Waals surface area (Å²) >= 11 is 12.4. The summed E-state index contributed by atoms with van der Waals surface area (Å²) in [5, 5.41) is 17.1. The number of aliphatic hydroxyl groups excluding tert-OH is 1. The number of aromatic nitrogens is 3. The largest absolute Gasteiger partial charge is 0.394 e. The molecular formula is C20H21Cl2N5O. The molecule has 8 heteroatoms. The number of hydrogen-bond acceptors (Lipinski definition) is 6. The Balaban J connectivity index is 2.00. The van der Waals surface area contributed by atoms with Crippen LogP contribution in [0.1, 0.15) is 13.8 Å². The molecule has 0 saturated heterocycles. The summed E-state index contributed by atoms with van der Waals surface area (Å²) in [6.07, 6.45) is 3.43. The normalized spacial score (nSPS) is 12.1. The summed E-state index contributed by atoms with van der Waals surface area (Å²) < 4.78 is 0. The van der Waals surface area contributed by atoms with E-state index in [9.17, 15) is 5.11 Å². The summed E-state index contributed by atoms with van der Waals surface area (Å²) in [7, 11) is 0. The van der Waals surface area contributed by atoms with E-state index in [1.165, 1.54) is 0 Å². The first-order valence-corrected chi connectivity index (χ1v) is 9.61. The molecule has 6 nitrogen and oxygen atoms in total. The van der Waals surface area contributed by atoms with Gasteiger partial charge in [-0.2, -0.15) is 4.98 Å². The first-order valence-electron chi connectivity index (χ1n) is 8.85. The average molecular weight is 418 g/mol. The Morgan fingerprint density at radius 1 is 1.11 bits per heavy atom. The van der Waals surface area contributed by atoms with Gasteiger partial charge in [0, 0.05) is 29.0 Å². The van der Waals surface area contributed by atoms with Gasteiger partial charge in [0.1, 0.15) is 5.82 Å². The monoisotopic (exact) mass is 417 g/mol. The van der Waals surface area contributed by atoms with Gasteiger partial charge in [-0.3, -0.25) is 4.98 Å². The smallest absolute Gasteiger partial charge is 0.225 e. The quantitative estimate of drug-likeness (QED) is 0.500. The van der Waals surface area contributed by atoms with Crippen LogP contribution in [0.5, 0.6) is 0 Å². The van der Waals surface area contributed by atoms with E-state index in [2.05, 4.69) is 25.6 Å². The van der Waals surface area contributed by atoms with Crippen molar-refractivity contribution >= 4 is 40.7 Å². The zero-order valence-electron chi connectivity index (χ0n) is 15.5. The first-order chi connectivity index (χ1) is 13.5. The van der Waals surface area contributed by atoms with Gasteiger partial charge in [-0.1, -0.05) is 37.0 Å². The second kappa shape index (κ2) is 9.19. The third-order valence-electron chi connectivity index (χ3n) is 4.19. The fourth-order valence-electron chi connectivity index (χ4n) is 2.56. The van der Waals surface area contributed by atoms with Crippen molar-refractivity contribution < 1.29 is 5.11 Å². The van der Waals surface area contributed by atoms with Gasteiger partial charge in [-0.15, -0.1) is 0 Å². The van der Waals surface area contributed by atoms with Crippen LogP contribution in [-0.4, -0.2) is 32.7 Å². The first kappa shape index (κ1) is 20.3. The van der Waals surface area contributed by atoms with Crippen LogP contribution in [0.15, 0.2) is 48.8 Å². The molecule has 1 aromatic carbocycles. The fraction of sp³-hybridized carbons (Fsp3) is 0.250. The Hall–Kier alpha value is -2.41. The predicted octanol–water partition coefficient (Wildman–Crippen LogP) is 5.02. The Labute approximate surface area is 174 Å². The van der Waals surface area contributed by atoms with Gasteiger partial charge >= 0.3 is 0 Å². The Kier molecular flexibility index (Phi) is 6.67. The van der Waals surface area contributed by atoms with Gasteiger partial charge in [0.25, 0.3) is 0 Å². The molecule has 2 heterocycles. The number of nitrogens with one attached hydrogen (secondary N) is 2. The van der Waals surface area contributed by atoms with Crippen molar-refractivity contribution in [2.24, 2.45) is 5.92 Å². The van der Waals surface area contributed by atoms with Crippen LogP contribution in [-0.2, 0) is 0 Å². The number of pyridine rings is 1. The third kappa shape index (κ3) is 5.10. The average Bonchev–Trinajstić information content (AvgIpc) is 2.69. The number of rotatable bonds is 7. The van der Waals surface area contributed by atoms with E-state index in [1.54, 1.807) is 30.6 Å². The van der Waals surface area contributed by atoms with E-state index in [0.717, 1.165) is 5.56 Å². The maximum Gasteiger partial charge on any atom is 0.225 e. The van der Waals surface area contributed by atoms with Gasteiger partial charge in [-0.25, -0.2) is 4.98 Å². The maximum atomic E-state index is 9.64. The van der Waals surface area contributed by atoms with Crippen molar-refractivity contribution in [1.82, 2.24) is 15.0 Å². The molecule has 3 rings (SSSR count). The Morgan fingerprint density at radius 2 is 1.93 bits per heavy atom. The molecule has 0 aliphatic heterocycles. The number of anilines is 3. The highest BCUT2D eigenvalue weighted by molar-refractivity contribution is 6.35. The van der Waals surface area contributed by atoms with Gasteiger partial charge in [-0.05, 0) is 36.2 Å². The number of aliphatic hydroxyl groups is 1. The molecule has 1 atom stereocenters. The van der Waals surface area contributed by atoms with Crippen molar-refractivity contribution in [1.29, 1.82) is 0 Å². The summed E-state index contributed by atoms with van der Waals surface area (Å²) in [4.78, 5) is 13.3. The van der Waals surface area contributed by atoms with E-state index < -0.39 is 0 Å². The van der Waals surface area contributed by atoms with Gasteiger partial charge < -0.3 is 15.7 Å². The standard InChI is InChI=1S/C20H21Cl2N5O/c1-12(2)18(11-28)26-20-25-16(13-4-3-7-23-10-13)9-19(27-20)24-17-8-14(21)5-6-15(17)22/h3-10,12,18,28H,11H2,1-2H3,(H2,24,25,26,27)/t18-/m1/s1. The molecule has 2 aromatic heterocycles. The number of benzene rings is 1. The van der Waals surface area contributed by atoms with E-state index >= 15 is 0 Å². The van der Waals surface area contributed by atoms with Gasteiger partial charge in [0.05, 0.1) is 29.1 Å². The maximum absolute atomic E-state index is 9.64. The van der Waals surface area contributed by atoms with E-state index in [0.29, 0.717) is 33.2 Å². The van der Waals surface area contributed by atoms with Crippen LogP contribution >= 0.6 is 23.2 Å². The van der Waals surface area contributed by atoms with Crippen molar-refractivity contribution in [3.63, 3.8) is 0 Å². The number of halogens is 2. The van der Waals surface area contributed by atoms with Crippen molar-refractivity contribution in [2.45, 2.75) is 19.9 Å². The van der Waals surface area contributed by atoms with E-state index in [-0.39, 0.29) is 18.6 Å². The summed E-state index contributed by atoms with van der Waals surface area (Å²) in [5.41, 5.74) is 2.17. The van der Waals surface area contributed by atoms with Crippen LogP contribution in [0.3, 0.4) is 0 Å². The topological polar surface area (TPSA) is 83.0 Å². The van der Waals surface area contributed by atoms with Crippen LogP contribution in [0, 0.1) is 5.92 Å². The zero-order chi connectivity index (χ0) is 20.1. The van der Waals surface area contributed by atoms with Crippen LogP contribution < -0.4 is 10.6 Å². The lowest BCUT2D eigenvalue weighted by molar-refractivity contribution is 0.248. The minimum absolute atomic E-state index is 0.0268. The highest BCUT2D eigenvalue weighted by atomic mass is 35.5. The lowest BCUT2D eigenvalue weighted by Gasteiger charge is -2.21. The SMILES string of the molecule is CC(C)[C@@H](CO)Nc1nc(Nc2cc(Cl)ccc2Cl)cc(-c2cccnc2)n1. The fourth-order valence-corrected chi connectivity index (χ4v) is 2.90. The van der Waals surface area contributed by atoms with E-state index in [1.807, 2.05) is 32.0 Å². The van der Waals surface area contributed by atoms with Crippen LogP contribution in [0.25, 0.3) is 11.3 Å². The molecule has 0 saturated carbocycles. The minimum Gasteiger partial charge on any atom is -0.394 e. The Bertz CT molecular complexity index is 937. The predicted molar refractivity (Wildman–Crippen MR) is 114 cm³/mol. The minimum atomic E-state index is -0.174. The lowest BCUT2D eigenvalue weighted by Crippen LogP contribution is -2.30. The highest BCUT2D eigenvalue weighted by Crippen LogP contribution is 2.29. The molecule has 3 aromatic rings. The van der Waals surface area contributed by atoms with Gasteiger partial charge in [0.15, 0.2) is 0 Å². The molecule has 0 unspecified atom stereocenters. The molecule has 146 valence electrons. The molecule has 0 bridgehead atoms. The van der Waals surface area contributed by atoms with Crippen LogP contribution in [0.2, 0.25) is 10.0 Å². The van der Waals surface area contributed by atoms with Crippen LogP contribution in [0.4, 0.5) is 17.5 Å². The molecule has 3 N–H and O–H groups in total. The molecule has 28 heavy (non-hydrogen) atoms. The highest BCUT2D eigenvalue weighted by Gasteiger charge is 2.15. The summed E-state index contributed by atoms with van der Waals surface area (Å²) in [5.74, 6) is 1.14. The summed E-state index contributed by atoms with van der Waals surface area (Å²) in [6, 6.07) is 10.6. The second-order valence-corrected chi connectivity index (χ2v) is 7.47. The van der Waals surface area contributed by atoms with Crippen molar-refractivity contribution in [3.8, 4) is 11.3 Å². The summed E-state index contributed by atoms with van der Waals surface area (Å²) in [6.45, 7) is 4.01. The molecule has 0 spiro atoms. The number of nitrogens with zero attached hydrogens (tertiary/aromatic N) is 3. The lowest BCUT2D eigenvalue weighted by atomic mass is 10.1. The number of hydrogen-bond donors (Lipinski definition) is 3. The zero-order valence-corrected chi connectivity index (χ0v) is 17.0. The molecule has 0 aliphatic rings. The third-order valence-corrected chi connectivity index (χ3v) is 4.76. The molecule has 0 radical (unpaired) electrons.